The van der Waals surface area contributed by atoms with E-state index in [1.807, 2.05) is 37.3 Å². The summed E-state index contributed by atoms with van der Waals surface area (Å²) in [4.78, 5) is 15.3. The third kappa shape index (κ3) is 3.20. The molecule has 0 aromatic heterocycles. The summed E-state index contributed by atoms with van der Waals surface area (Å²) >= 11 is 0. The third-order valence-corrected chi connectivity index (χ3v) is 5.11. The second-order valence-electron chi connectivity index (χ2n) is 6.79. The van der Waals surface area contributed by atoms with Gasteiger partial charge in [0.15, 0.2) is 5.78 Å². The minimum atomic E-state index is 0.113. The summed E-state index contributed by atoms with van der Waals surface area (Å²) in [6, 6.07) is 11.9. The smallest absolute Gasteiger partial charge is 0.167 e. The van der Waals surface area contributed by atoms with E-state index in [4.69, 9.17) is 5.26 Å². The third-order valence-electron chi connectivity index (χ3n) is 5.11. The Balaban J connectivity index is 1.86. The van der Waals surface area contributed by atoms with Gasteiger partial charge in [0.25, 0.3) is 0 Å². The second-order valence-corrected chi connectivity index (χ2v) is 6.79. The van der Waals surface area contributed by atoms with Crippen molar-refractivity contribution in [3.8, 4) is 6.07 Å². The molecule has 2 aromatic carbocycles. The van der Waals surface area contributed by atoms with Gasteiger partial charge in [-0.3, -0.25) is 4.79 Å². The standard InChI is InChI=1S/C21H24N2O/c1-3-10-23-11-4-5-19(14-23)21(24)17-8-9-20-15(2)18(13-22)7-6-16(20)12-17/h6-9,12,19H,3-5,10-11,14H2,1-2H3. The number of aryl methyl sites for hydroxylation is 1. The van der Waals surface area contributed by atoms with Gasteiger partial charge in [0.1, 0.15) is 0 Å². The lowest BCUT2D eigenvalue weighted by molar-refractivity contribution is 0.0820. The molecule has 1 aliphatic rings. The van der Waals surface area contributed by atoms with Crippen molar-refractivity contribution in [2.75, 3.05) is 19.6 Å². The van der Waals surface area contributed by atoms with E-state index in [2.05, 4.69) is 17.9 Å². The van der Waals surface area contributed by atoms with Crippen molar-refractivity contribution in [2.45, 2.75) is 33.1 Å². The first kappa shape index (κ1) is 16.7. The number of hydrogen-bond donors (Lipinski definition) is 0. The Hall–Kier alpha value is -2.18. The minimum absolute atomic E-state index is 0.113. The number of rotatable bonds is 4. The van der Waals surface area contributed by atoms with Gasteiger partial charge in [0, 0.05) is 18.0 Å². The molecule has 2 aromatic rings. The molecule has 0 N–H and O–H groups in total. The number of ketones is 1. The Morgan fingerprint density at radius 3 is 2.92 bits per heavy atom. The minimum Gasteiger partial charge on any atom is -0.303 e. The molecule has 3 rings (SSSR count). The van der Waals surface area contributed by atoms with Crippen LogP contribution in [0.3, 0.4) is 0 Å². The molecular weight excluding hydrogens is 296 g/mol. The van der Waals surface area contributed by atoms with Crippen LogP contribution in [0.25, 0.3) is 10.8 Å². The Kier molecular flexibility index (Phi) is 4.97. The number of nitriles is 1. The zero-order chi connectivity index (χ0) is 17.1. The van der Waals surface area contributed by atoms with Crippen molar-refractivity contribution in [3.05, 3.63) is 47.0 Å². The lowest BCUT2D eigenvalue weighted by Gasteiger charge is -2.31. The van der Waals surface area contributed by atoms with E-state index in [1.165, 1.54) is 0 Å². The quantitative estimate of drug-likeness (QED) is 0.788. The maximum absolute atomic E-state index is 12.9. The molecule has 0 aliphatic carbocycles. The van der Waals surface area contributed by atoms with Gasteiger partial charge in [-0.05, 0) is 67.7 Å². The van der Waals surface area contributed by atoms with Gasteiger partial charge in [-0.2, -0.15) is 5.26 Å². The van der Waals surface area contributed by atoms with Gasteiger partial charge < -0.3 is 4.90 Å². The SMILES string of the molecule is CCCN1CCCC(C(=O)c2ccc3c(C)c(C#N)ccc3c2)C1. The molecule has 3 nitrogen and oxygen atoms in total. The Labute approximate surface area is 143 Å². The van der Waals surface area contributed by atoms with Crippen LogP contribution in [0.15, 0.2) is 30.3 Å². The van der Waals surface area contributed by atoms with Crippen molar-refractivity contribution >= 4 is 16.6 Å². The number of likely N-dealkylation sites (tertiary alicyclic amines) is 1. The van der Waals surface area contributed by atoms with Crippen LogP contribution in [0.1, 0.15) is 47.7 Å². The highest BCUT2D eigenvalue weighted by atomic mass is 16.1. The normalized spacial score (nSPS) is 18.5. The maximum Gasteiger partial charge on any atom is 0.167 e. The van der Waals surface area contributed by atoms with Crippen molar-refractivity contribution in [3.63, 3.8) is 0 Å². The average molecular weight is 320 g/mol. The van der Waals surface area contributed by atoms with Gasteiger partial charge in [-0.15, -0.1) is 0 Å². The van der Waals surface area contributed by atoms with Crippen molar-refractivity contribution in [1.82, 2.24) is 4.90 Å². The van der Waals surface area contributed by atoms with Crippen LogP contribution in [0.5, 0.6) is 0 Å². The van der Waals surface area contributed by atoms with Crippen LogP contribution in [0.2, 0.25) is 0 Å². The molecule has 0 amide bonds. The van der Waals surface area contributed by atoms with E-state index in [1.54, 1.807) is 0 Å². The molecule has 0 radical (unpaired) electrons. The van der Waals surface area contributed by atoms with Gasteiger partial charge in [0.2, 0.25) is 0 Å². The zero-order valence-corrected chi connectivity index (χ0v) is 14.5. The van der Waals surface area contributed by atoms with Crippen LogP contribution in [-0.2, 0) is 0 Å². The molecule has 0 saturated carbocycles. The van der Waals surface area contributed by atoms with Gasteiger partial charge >= 0.3 is 0 Å². The van der Waals surface area contributed by atoms with Crippen molar-refractivity contribution in [1.29, 1.82) is 5.26 Å². The Bertz CT molecular complexity index is 801. The highest BCUT2D eigenvalue weighted by molar-refractivity contribution is 6.02. The number of piperidine rings is 1. The number of benzene rings is 2. The number of Topliss-reactive ketones (excluding diaryl/α,β-unsaturated/α-hetero) is 1. The predicted molar refractivity (Wildman–Crippen MR) is 97.2 cm³/mol. The fourth-order valence-corrected chi connectivity index (χ4v) is 3.78. The summed E-state index contributed by atoms with van der Waals surface area (Å²) in [5, 5.41) is 11.2. The lowest BCUT2D eigenvalue weighted by Crippen LogP contribution is -2.39. The van der Waals surface area contributed by atoms with E-state index in [-0.39, 0.29) is 11.7 Å². The maximum atomic E-state index is 12.9. The summed E-state index contributed by atoms with van der Waals surface area (Å²) in [6.07, 6.45) is 3.23. The van der Waals surface area contributed by atoms with Gasteiger partial charge in [-0.25, -0.2) is 0 Å². The zero-order valence-electron chi connectivity index (χ0n) is 14.5. The molecule has 1 aliphatic heterocycles. The van der Waals surface area contributed by atoms with Crippen molar-refractivity contribution in [2.24, 2.45) is 5.92 Å². The number of carbonyl (C=O) groups is 1. The molecule has 3 heteroatoms. The van der Waals surface area contributed by atoms with Crippen LogP contribution >= 0.6 is 0 Å². The van der Waals surface area contributed by atoms with E-state index in [0.717, 1.165) is 60.8 Å². The summed E-state index contributed by atoms with van der Waals surface area (Å²) in [6.45, 7) is 7.24. The highest BCUT2D eigenvalue weighted by Gasteiger charge is 2.26. The van der Waals surface area contributed by atoms with E-state index < -0.39 is 0 Å². The molecule has 1 unspecified atom stereocenters. The molecular formula is C21H24N2O. The molecule has 0 spiro atoms. The van der Waals surface area contributed by atoms with Crippen LogP contribution < -0.4 is 0 Å². The van der Waals surface area contributed by atoms with E-state index in [0.29, 0.717) is 5.56 Å². The number of hydrogen-bond acceptors (Lipinski definition) is 3. The highest BCUT2D eigenvalue weighted by Crippen LogP contribution is 2.26. The van der Waals surface area contributed by atoms with Crippen molar-refractivity contribution < 1.29 is 4.79 Å². The fourth-order valence-electron chi connectivity index (χ4n) is 3.78. The molecule has 1 saturated heterocycles. The largest absolute Gasteiger partial charge is 0.303 e. The molecule has 24 heavy (non-hydrogen) atoms. The topological polar surface area (TPSA) is 44.1 Å². The fraction of sp³-hybridized carbons (Fsp3) is 0.429. The summed E-state index contributed by atoms with van der Waals surface area (Å²) < 4.78 is 0. The molecule has 1 atom stereocenters. The van der Waals surface area contributed by atoms with Gasteiger partial charge in [0.05, 0.1) is 11.6 Å². The van der Waals surface area contributed by atoms with E-state index >= 15 is 0 Å². The van der Waals surface area contributed by atoms with Crippen LogP contribution in [-0.4, -0.2) is 30.3 Å². The monoisotopic (exact) mass is 320 g/mol. The first-order valence-corrected chi connectivity index (χ1v) is 8.84. The van der Waals surface area contributed by atoms with Gasteiger partial charge in [-0.1, -0.05) is 25.1 Å². The predicted octanol–water partition coefficient (Wildman–Crippen LogP) is 4.32. The lowest BCUT2D eigenvalue weighted by atomic mass is 9.88. The van der Waals surface area contributed by atoms with Crippen LogP contribution in [0, 0.1) is 24.2 Å². The van der Waals surface area contributed by atoms with E-state index in [9.17, 15) is 4.79 Å². The molecule has 124 valence electrons. The number of nitrogens with zero attached hydrogens (tertiary/aromatic N) is 2. The Morgan fingerprint density at radius 1 is 1.33 bits per heavy atom. The summed E-state index contributed by atoms with van der Waals surface area (Å²) in [7, 11) is 0. The average Bonchev–Trinajstić information content (AvgIpc) is 2.62. The summed E-state index contributed by atoms with van der Waals surface area (Å²) in [5.74, 6) is 0.377. The number of carbonyl (C=O) groups excluding carboxylic acids is 1. The molecule has 0 bridgehead atoms. The Morgan fingerprint density at radius 2 is 2.17 bits per heavy atom. The first-order valence-electron chi connectivity index (χ1n) is 8.84. The number of fused-ring (bicyclic) bond motifs is 1. The molecule has 1 heterocycles. The summed E-state index contributed by atoms with van der Waals surface area (Å²) in [5.41, 5.74) is 2.49. The van der Waals surface area contributed by atoms with Crippen LogP contribution in [0.4, 0.5) is 0 Å². The second kappa shape index (κ2) is 7.15. The first-order chi connectivity index (χ1) is 11.6. The molecule has 1 fully saturated rings.